The molecule has 1 saturated heterocycles. The molecule has 2 amide bonds. The normalized spacial score (nSPS) is 22.9. The minimum atomic E-state index is -0.473. The zero-order valence-electron chi connectivity index (χ0n) is 24.0. The fourth-order valence-electron chi connectivity index (χ4n) is 6.47. The lowest BCUT2D eigenvalue weighted by atomic mass is 9.82. The molecule has 2 heterocycles. The highest BCUT2D eigenvalue weighted by Crippen LogP contribution is 2.29. The number of hydrogen-bond donors (Lipinski definition) is 2. The van der Waals surface area contributed by atoms with Crippen LogP contribution in [0.3, 0.4) is 0 Å². The van der Waals surface area contributed by atoms with Gasteiger partial charge in [-0.15, -0.1) is 11.3 Å². The van der Waals surface area contributed by atoms with Crippen LogP contribution in [0.2, 0.25) is 0 Å². The molecule has 1 aliphatic heterocycles. The van der Waals surface area contributed by atoms with Crippen LogP contribution >= 0.6 is 11.3 Å². The molecule has 3 aromatic rings. The van der Waals surface area contributed by atoms with Gasteiger partial charge in [-0.3, -0.25) is 14.5 Å². The van der Waals surface area contributed by atoms with E-state index in [-0.39, 0.29) is 17.9 Å². The molecule has 2 aromatic carbocycles. The number of benzene rings is 2. The Balaban J connectivity index is 1.31. The molecule has 0 bridgehead atoms. The highest BCUT2D eigenvalue weighted by Gasteiger charge is 2.39. The van der Waals surface area contributed by atoms with Crippen LogP contribution in [0.5, 0.6) is 0 Å². The molecule has 2 fully saturated rings. The van der Waals surface area contributed by atoms with Gasteiger partial charge in [0.05, 0.1) is 4.88 Å². The first-order valence-electron chi connectivity index (χ1n) is 15.2. The fraction of sp³-hybridized carbons (Fsp3) is 0.471. The Morgan fingerprint density at radius 2 is 1.56 bits per heavy atom. The number of hydrogen-bond acceptors (Lipinski definition) is 5. The predicted octanol–water partition coefficient (Wildman–Crippen LogP) is 5.35. The lowest BCUT2D eigenvalue weighted by Gasteiger charge is -2.43. The molecule has 3 N–H and O–H groups in total. The summed E-state index contributed by atoms with van der Waals surface area (Å²) in [6.07, 6.45) is 6.94. The maximum Gasteiger partial charge on any atom is 0.264 e. The number of piperidine rings is 1. The summed E-state index contributed by atoms with van der Waals surface area (Å²) in [7, 11) is 0. The topological polar surface area (TPSA) is 78.7 Å². The molecule has 5 rings (SSSR count). The minimum Gasteiger partial charge on any atom is -0.354 e. The molecule has 1 unspecified atom stereocenters. The van der Waals surface area contributed by atoms with Crippen LogP contribution in [0.1, 0.15) is 59.3 Å². The Bertz CT molecular complexity index is 1210. The van der Waals surface area contributed by atoms with Crippen molar-refractivity contribution in [1.29, 1.82) is 0 Å². The lowest BCUT2D eigenvalue weighted by molar-refractivity contribution is -0.128. The van der Waals surface area contributed by atoms with Crippen LogP contribution < -0.4 is 11.1 Å². The van der Waals surface area contributed by atoms with Crippen molar-refractivity contribution < 1.29 is 9.59 Å². The molecule has 7 heteroatoms. The van der Waals surface area contributed by atoms with Crippen molar-refractivity contribution in [3.05, 3.63) is 94.2 Å². The minimum absolute atomic E-state index is 0.0109. The Morgan fingerprint density at radius 1 is 0.878 bits per heavy atom. The van der Waals surface area contributed by atoms with Crippen molar-refractivity contribution in [3.8, 4) is 0 Å². The van der Waals surface area contributed by atoms with Gasteiger partial charge in [0.25, 0.3) is 5.91 Å². The average molecular weight is 573 g/mol. The molecule has 6 nitrogen and oxygen atoms in total. The molecule has 1 saturated carbocycles. The quantitative estimate of drug-likeness (QED) is 0.325. The lowest BCUT2D eigenvalue weighted by Crippen LogP contribution is -2.57. The molecule has 218 valence electrons. The Labute approximate surface area is 248 Å². The van der Waals surface area contributed by atoms with Crippen molar-refractivity contribution in [2.45, 2.75) is 63.6 Å². The number of thiophene rings is 1. The smallest absolute Gasteiger partial charge is 0.264 e. The average Bonchev–Trinajstić information content (AvgIpc) is 3.58. The van der Waals surface area contributed by atoms with Gasteiger partial charge in [0.1, 0.15) is 6.04 Å². The van der Waals surface area contributed by atoms with Crippen LogP contribution in [-0.2, 0) is 17.8 Å². The van der Waals surface area contributed by atoms with Crippen LogP contribution in [-0.4, -0.2) is 59.9 Å². The molecule has 1 aromatic heterocycles. The predicted molar refractivity (Wildman–Crippen MR) is 167 cm³/mol. The summed E-state index contributed by atoms with van der Waals surface area (Å²) >= 11 is 1.45. The van der Waals surface area contributed by atoms with E-state index in [1.807, 2.05) is 22.4 Å². The van der Waals surface area contributed by atoms with E-state index in [1.54, 1.807) is 0 Å². The molecule has 2 atom stereocenters. The number of amides is 2. The summed E-state index contributed by atoms with van der Waals surface area (Å²) in [6, 6.07) is 24.7. The third-order valence-electron chi connectivity index (χ3n) is 9.01. The zero-order valence-corrected chi connectivity index (χ0v) is 24.8. The summed E-state index contributed by atoms with van der Waals surface area (Å²) in [6.45, 7) is 3.75. The molecular formula is C34H44N4O2S. The van der Waals surface area contributed by atoms with Gasteiger partial charge in [-0.05, 0) is 85.9 Å². The second-order valence-corrected chi connectivity index (χ2v) is 12.7. The maximum absolute atomic E-state index is 13.8. The molecule has 0 spiro atoms. The van der Waals surface area contributed by atoms with Crippen molar-refractivity contribution in [1.82, 2.24) is 15.1 Å². The largest absolute Gasteiger partial charge is 0.354 e. The van der Waals surface area contributed by atoms with Crippen LogP contribution in [0.15, 0.2) is 78.2 Å². The van der Waals surface area contributed by atoms with Crippen molar-refractivity contribution >= 4 is 23.2 Å². The van der Waals surface area contributed by atoms with Gasteiger partial charge >= 0.3 is 0 Å². The summed E-state index contributed by atoms with van der Waals surface area (Å²) in [4.78, 5) is 32.4. The first-order chi connectivity index (χ1) is 20.1. The molecule has 41 heavy (non-hydrogen) atoms. The Kier molecular flexibility index (Phi) is 10.6. The van der Waals surface area contributed by atoms with E-state index >= 15 is 0 Å². The zero-order chi connectivity index (χ0) is 28.4. The number of carbonyl (C=O) groups is 2. The van der Waals surface area contributed by atoms with Crippen LogP contribution in [0.25, 0.3) is 0 Å². The summed E-state index contributed by atoms with van der Waals surface area (Å²) in [5, 5.41) is 5.20. The molecule has 1 aliphatic carbocycles. The maximum atomic E-state index is 13.8. The van der Waals surface area contributed by atoms with E-state index in [0.29, 0.717) is 36.2 Å². The number of rotatable bonds is 11. The van der Waals surface area contributed by atoms with Crippen LogP contribution in [0, 0.1) is 11.8 Å². The van der Waals surface area contributed by atoms with Gasteiger partial charge in [-0.25, -0.2) is 0 Å². The molecular weight excluding hydrogens is 528 g/mol. The van der Waals surface area contributed by atoms with E-state index in [0.717, 1.165) is 58.2 Å². The van der Waals surface area contributed by atoms with E-state index in [4.69, 9.17) is 5.73 Å². The van der Waals surface area contributed by atoms with Gasteiger partial charge in [0.2, 0.25) is 5.91 Å². The summed E-state index contributed by atoms with van der Waals surface area (Å²) < 4.78 is 0. The molecule has 2 aliphatic rings. The number of nitrogens with two attached hydrogens (primary N) is 1. The highest BCUT2D eigenvalue weighted by atomic mass is 32.1. The number of nitrogens with zero attached hydrogens (tertiary/aromatic N) is 2. The third kappa shape index (κ3) is 8.06. The van der Waals surface area contributed by atoms with Gasteiger partial charge in [-0.1, -0.05) is 66.7 Å². The van der Waals surface area contributed by atoms with Gasteiger partial charge in [-0.2, -0.15) is 0 Å². The summed E-state index contributed by atoms with van der Waals surface area (Å²) in [5.41, 5.74) is 8.47. The third-order valence-corrected chi connectivity index (χ3v) is 9.87. The summed E-state index contributed by atoms with van der Waals surface area (Å²) in [5.74, 6) is 1.07. The second kappa shape index (κ2) is 14.8. The first kappa shape index (κ1) is 29.5. The molecule has 0 radical (unpaired) electrons. The number of likely N-dealkylation sites (tertiary alicyclic amines) is 1. The Morgan fingerprint density at radius 3 is 2.22 bits per heavy atom. The first-order valence-corrected chi connectivity index (χ1v) is 16.1. The van der Waals surface area contributed by atoms with E-state index < -0.39 is 6.04 Å². The second-order valence-electron chi connectivity index (χ2n) is 11.7. The fourth-order valence-corrected chi connectivity index (χ4v) is 7.15. The van der Waals surface area contributed by atoms with Gasteiger partial charge < -0.3 is 16.0 Å². The SMILES string of the molecule is NCC1CCC(CNC(=O)[C@H]2CC(N(CCc3ccccc3)Cc3ccccc3)CCN2C(=O)c2cccs2)CC1. The standard InChI is InChI=1S/C34H44N4O2S/c35-23-27-13-15-28(16-14-27)24-36-33(39)31-22-30(18-20-38(31)34(40)32-12-7-21-41-32)37(25-29-10-5-2-6-11-29)19-17-26-8-3-1-4-9-26/h1-12,21,27-28,30-31H,13-20,22-25,35H2,(H,36,39)/t27?,28?,30?,31-/m1/s1. The van der Waals surface area contributed by atoms with Crippen LogP contribution in [0.4, 0.5) is 0 Å². The van der Waals surface area contributed by atoms with E-state index in [9.17, 15) is 9.59 Å². The van der Waals surface area contributed by atoms with E-state index in [2.05, 4.69) is 70.9 Å². The Hall–Kier alpha value is -3.00. The van der Waals surface area contributed by atoms with Gasteiger partial charge in [0.15, 0.2) is 0 Å². The highest BCUT2D eigenvalue weighted by molar-refractivity contribution is 7.12. The monoisotopic (exact) mass is 572 g/mol. The number of nitrogens with one attached hydrogen (secondary N) is 1. The van der Waals surface area contributed by atoms with Crippen molar-refractivity contribution in [3.63, 3.8) is 0 Å². The van der Waals surface area contributed by atoms with Crippen molar-refractivity contribution in [2.75, 3.05) is 26.2 Å². The van der Waals surface area contributed by atoms with Gasteiger partial charge in [0, 0.05) is 32.2 Å². The van der Waals surface area contributed by atoms with Crippen molar-refractivity contribution in [2.24, 2.45) is 17.6 Å². The van der Waals surface area contributed by atoms with E-state index in [1.165, 1.54) is 22.5 Å². The number of carbonyl (C=O) groups excluding carboxylic acids is 2.